The number of halogens is 1. The number of nitrogens with zero attached hydrogens (tertiary/aromatic N) is 2. The Morgan fingerprint density at radius 3 is 2.85 bits per heavy atom. The van der Waals surface area contributed by atoms with Crippen molar-refractivity contribution in [1.82, 2.24) is 15.1 Å². The Kier molecular flexibility index (Phi) is 7.87. The first-order valence-corrected chi connectivity index (χ1v) is 9.11. The summed E-state index contributed by atoms with van der Waals surface area (Å²) in [5.74, 6) is 5.38. The molecule has 0 spiro atoms. The van der Waals surface area contributed by atoms with Gasteiger partial charge in [-0.15, -0.1) is 11.8 Å². The molecule has 0 atom stereocenters. The Hall–Kier alpha value is -2.81. The topological polar surface area (TPSA) is 56.1 Å². The van der Waals surface area contributed by atoms with E-state index in [2.05, 4.69) is 22.3 Å². The first-order valence-electron chi connectivity index (χ1n) is 9.11. The van der Waals surface area contributed by atoms with Crippen molar-refractivity contribution in [2.75, 3.05) is 6.61 Å². The lowest BCUT2D eigenvalue weighted by Gasteiger charge is -2.11. The minimum absolute atomic E-state index is 0.0851. The van der Waals surface area contributed by atoms with Crippen LogP contribution in [0, 0.1) is 24.6 Å². The Morgan fingerprint density at radius 2 is 2.15 bits per heavy atom. The molecule has 27 heavy (non-hydrogen) atoms. The van der Waals surface area contributed by atoms with Crippen molar-refractivity contribution in [3.8, 4) is 17.6 Å². The molecule has 1 aromatic heterocycles. The van der Waals surface area contributed by atoms with Crippen LogP contribution in [0.4, 0.5) is 4.39 Å². The van der Waals surface area contributed by atoms with Gasteiger partial charge in [-0.3, -0.25) is 9.48 Å². The second-order valence-electron chi connectivity index (χ2n) is 6.29. The van der Waals surface area contributed by atoms with Crippen LogP contribution in [-0.2, 0) is 13.6 Å². The number of hydrogen-bond acceptors (Lipinski definition) is 3. The first-order chi connectivity index (χ1) is 13.0. The van der Waals surface area contributed by atoms with Gasteiger partial charge in [0.15, 0.2) is 11.6 Å². The van der Waals surface area contributed by atoms with E-state index in [4.69, 9.17) is 4.74 Å². The van der Waals surface area contributed by atoms with Crippen molar-refractivity contribution >= 4 is 5.91 Å². The van der Waals surface area contributed by atoms with E-state index in [0.29, 0.717) is 17.9 Å². The van der Waals surface area contributed by atoms with Gasteiger partial charge >= 0.3 is 0 Å². The lowest BCUT2D eigenvalue weighted by atomic mass is 10.2. The summed E-state index contributed by atoms with van der Waals surface area (Å²) in [6.07, 6.45) is 3.75. The highest BCUT2D eigenvalue weighted by atomic mass is 19.1. The average Bonchev–Trinajstić information content (AvgIpc) is 2.99. The molecule has 2 rings (SSSR count). The Balaban J connectivity index is 1.85. The van der Waals surface area contributed by atoms with Gasteiger partial charge in [-0.2, -0.15) is 5.10 Å². The zero-order valence-corrected chi connectivity index (χ0v) is 16.1. The van der Waals surface area contributed by atoms with Crippen molar-refractivity contribution in [3.05, 3.63) is 47.0 Å². The molecule has 0 aliphatic rings. The number of nitrogens with one attached hydrogen (secondary N) is 1. The zero-order valence-electron chi connectivity index (χ0n) is 16.1. The van der Waals surface area contributed by atoms with Crippen LogP contribution in [0.5, 0.6) is 5.75 Å². The summed E-state index contributed by atoms with van der Waals surface area (Å²) in [4.78, 5) is 12.2. The molecule has 0 aliphatic heterocycles. The maximum Gasteiger partial charge on any atom is 0.269 e. The van der Waals surface area contributed by atoms with Gasteiger partial charge in [0, 0.05) is 25.6 Å². The molecule has 0 aliphatic carbocycles. The summed E-state index contributed by atoms with van der Waals surface area (Å²) in [6.45, 7) is 4.19. The van der Waals surface area contributed by atoms with Crippen molar-refractivity contribution < 1.29 is 13.9 Å². The van der Waals surface area contributed by atoms with E-state index in [1.807, 2.05) is 13.8 Å². The molecule has 144 valence electrons. The molecule has 5 nitrogen and oxygen atoms in total. The highest BCUT2D eigenvalue weighted by Gasteiger charge is 2.14. The number of aryl methyl sites for hydroxylation is 2. The molecule has 0 fully saturated rings. The number of aromatic nitrogens is 2. The van der Waals surface area contributed by atoms with Gasteiger partial charge in [-0.1, -0.05) is 12.1 Å². The summed E-state index contributed by atoms with van der Waals surface area (Å²) >= 11 is 0. The van der Waals surface area contributed by atoms with Crippen LogP contribution in [0.2, 0.25) is 0 Å². The van der Waals surface area contributed by atoms with E-state index >= 15 is 0 Å². The lowest BCUT2D eigenvalue weighted by molar-refractivity contribution is 0.0941. The van der Waals surface area contributed by atoms with Crippen LogP contribution < -0.4 is 10.1 Å². The third-order valence-electron chi connectivity index (χ3n) is 4.10. The number of rotatable bonds is 9. The fourth-order valence-electron chi connectivity index (χ4n) is 2.69. The molecule has 2 aromatic rings. The van der Waals surface area contributed by atoms with Gasteiger partial charge in [0.2, 0.25) is 0 Å². The molecule has 0 radical (unpaired) electrons. The molecule has 1 N–H and O–H groups in total. The molecule has 0 bridgehead atoms. The van der Waals surface area contributed by atoms with Gasteiger partial charge in [-0.05, 0) is 45.2 Å². The number of benzene rings is 1. The van der Waals surface area contributed by atoms with Gasteiger partial charge in [-0.25, -0.2) is 4.39 Å². The van der Waals surface area contributed by atoms with E-state index in [0.717, 1.165) is 31.4 Å². The molecule has 6 heteroatoms. The average molecular weight is 371 g/mol. The van der Waals surface area contributed by atoms with Crippen LogP contribution in [0.1, 0.15) is 54.4 Å². The molecule has 1 aromatic carbocycles. The van der Waals surface area contributed by atoms with Crippen LogP contribution in [-0.4, -0.2) is 22.3 Å². The molecular weight excluding hydrogens is 345 g/mol. The zero-order chi connectivity index (χ0) is 19.6. The monoisotopic (exact) mass is 371 g/mol. The SMILES string of the molecule is CC#CCCCCCOc1cccc(CNC(=O)c2cc(C)nn2C)c1F. The lowest BCUT2D eigenvalue weighted by Crippen LogP contribution is -2.25. The van der Waals surface area contributed by atoms with Gasteiger partial charge < -0.3 is 10.1 Å². The van der Waals surface area contributed by atoms with Crippen molar-refractivity contribution in [3.63, 3.8) is 0 Å². The summed E-state index contributed by atoms with van der Waals surface area (Å²) in [5.41, 5.74) is 1.58. The van der Waals surface area contributed by atoms with Crippen LogP contribution >= 0.6 is 0 Å². The minimum atomic E-state index is -0.434. The standard InChI is InChI=1S/C21H26FN3O2/c1-4-5-6-7-8-9-13-27-19-12-10-11-17(20(19)22)15-23-21(26)18-14-16(2)24-25(18)3/h10-12,14H,6-9,13,15H2,1-3H3,(H,23,26). The Labute approximate surface area is 159 Å². The van der Waals surface area contributed by atoms with E-state index < -0.39 is 5.82 Å². The van der Waals surface area contributed by atoms with E-state index in [9.17, 15) is 9.18 Å². The molecule has 0 saturated carbocycles. The maximum atomic E-state index is 14.6. The highest BCUT2D eigenvalue weighted by Crippen LogP contribution is 2.21. The number of hydrogen-bond donors (Lipinski definition) is 1. The van der Waals surface area contributed by atoms with Crippen LogP contribution in [0.25, 0.3) is 0 Å². The second-order valence-corrected chi connectivity index (χ2v) is 6.29. The Morgan fingerprint density at radius 1 is 1.33 bits per heavy atom. The fourth-order valence-corrected chi connectivity index (χ4v) is 2.69. The van der Waals surface area contributed by atoms with Gasteiger partial charge in [0.1, 0.15) is 5.69 Å². The number of carbonyl (C=O) groups is 1. The third kappa shape index (κ3) is 6.14. The first kappa shape index (κ1) is 20.5. The largest absolute Gasteiger partial charge is 0.491 e. The quantitative estimate of drug-likeness (QED) is 0.539. The Bertz CT molecular complexity index is 834. The molecular formula is C21H26FN3O2. The second kappa shape index (κ2) is 10.4. The van der Waals surface area contributed by atoms with Crippen LogP contribution in [0.15, 0.2) is 24.3 Å². The van der Waals surface area contributed by atoms with E-state index in [1.54, 1.807) is 31.3 Å². The predicted octanol–water partition coefficient (Wildman–Crippen LogP) is 3.76. The summed E-state index contributed by atoms with van der Waals surface area (Å²) < 4.78 is 21.6. The number of carbonyl (C=O) groups excluding carboxylic acids is 1. The molecule has 0 saturated heterocycles. The summed E-state index contributed by atoms with van der Waals surface area (Å²) in [6, 6.07) is 6.66. The fraction of sp³-hybridized carbons (Fsp3) is 0.429. The third-order valence-corrected chi connectivity index (χ3v) is 4.10. The number of amides is 1. The number of ether oxygens (including phenoxy) is 1. The predicted molar refractivity (Wildman–Crippen MR) is 103 cm³/mol. The van der Waals surface area contributed by atoms with E-state index in [-0.39, 0.29) is 18.2 Å². The molecule has 1 heterocycles. The van der Waals surface area contributed by atoms with Crippen molar-refractivity contribution in [2.24, 2.45) is 7.05 Å². The van der Waals surface area contributed by atoms with Crippen LogP contribution in [0.3, 0.4) is 0 Å². The highest BCUT2D eigenvalue weighted by molar-refractivity contribution is 5.92. The van der Waals surface area contributed by atoms with Gasteiger partial charge in [0.25, 0.3) is 5.91 Å². The number of unbranched alkanes of at least 4 members (excludes halogenated alkanes) is 3. The molecule has 0 unspecified atom stereocenters. The molecule has 1 amide bonds. The van der Waals surface area contributed by atoms with Crippen molar-refractivity contribution in [1.29, 1.82) is 0 Å². The normalized spacial score (nSPS) is 10.2. The minimum Gasteiger partial charge on any atom is -0.491 e. The smallest absolute Gasteiger partial charge is 0.269 e. The summed E-state index contributed by atoms with van der Waals surface area (Å²) in [5, 5.41) is 6.86. The van der Waals surface area contributed by atoms with E-state index in [1.165, 1.54) is 4.68 Å². The maximum absolute atomic E-state index is 14.6. The summed E-state index contributed by atoms with van der Waals surface area (Å²) in [7, 11) is 1.70. The van der Waals surface area contributed by atoms with Crippen molar-refractivity contribution in [2.45, 2.75) is 46.1 Å². The van der Waals surface area contributed by atoms with Gasteiger partial charge in [0.05, 0.1) is 12.3 Å².